The standard InChI is InChI=1S/C14H29N3O/c1-4-7-12(2)16-13(18)10-17(3)14(11-15)8-5-6-9-14/h12H,4-11,15H2,1-3H3,(H,16,18). The van der Waals surface area contributed by atoms with Crippen molar-refractivity contribution < 1.29 is 4.79 Å². The number of hydrogen-bond acceptors (Lipinski definition) is 3. The summed E-state index contributed by atoms with van der Waals surface area (Å²) in [6.07, 6.45) is 6.85. The highest BCUT2D eigenvalue weighted by atomic mass is 16.2. The molecule has 4 nitrogen and oxygen atoms in total. The third-order valence-electron chi connectivity index (χ3n) is 4.23. The van der Waals surface area contributed by atoms with E-state index >= 15 is 0 Å². The van der Waals surface area contributed by atoms with Crippen LogP contribution in [0.5, 0.6) is 0 Å². The van der Waals surface area contributed by atoms with Gasteiger partial charge in [-0.3, -0.25) is 9.69 Å². The average molecular weight is 255 g/mol. The molecule has 1 saturated carbocycles. The number of rotatable bonds is 7. The molecule has 3 N–H and O–H groups in total. The van der Waals surface area contributed by atoms with E-state index in [0.717, 1.165) is 25.7 Å². The Morgan fingerprint density at radius 3 is 2.56 bits per heavy atom. The average Bonchev–Trinajstić information content (AvgIpc) is 2.78. The van der Waals surface area contributed by atoms with E-state index in [0.29, 0.717) is 13.1 Å². The van der Waals surface area contributed by atoms with Crippen LogP contribution in [0.3, 0.4) is 0 Å². The predicted octanol–water partition coefficient (Wildman–Crippen LogP) is 1.49. The van der Waals surface area contributed by atoms with Gasteiger partial charge in [-0.2, -0.15) is 0 Å². The van der Waals surface area contributed by atoms with Gasteiger partial charge in [0.2, 0.25) is 5.91 Å². The summed E-state index contributed by atoms with van der Waals surface area (Å²) in [4.78, 5) is 14.1. The molecule has 1 amide bonds. The van der Waals surface area contributed by atoms with E-state index in [1.807, 2.05) is 7.05 Å². The Hall–Kier alpha value is -0.610. The first kappa shape index (κ1) is 15.4. The molecule has 0 aromatic rings. The highest BCUT2D eigenvalue weighted by Crippen LogP contribution is 2.33. The second-order valence-electron chi connectivity index (χ2n) is 5.75. The third kappa shape index (κ3) is 3.95. The zero-order chi connectivity index (χ0) is 13.6. The predicted molar refractivity (Wildman–Crippen MR) is 75.4 cm³/mol. The summed E-state index contributed by atoms with van der Waals surface area (Å²) in [6, 6.07) is 0.272. The van der Waals surface area contributed by atoms with Crippen LogP contribution < -0.4 is 11.1 Å². The van der Waals surface area contributed by atoms with Crippen LogP contribution in [-0.2, 0) is 4.79 Å². The van der Waals surface area contributed by atoms with E-state index in [1.54, 1.807) is 0 Å². The van der Waals surface area contributed by atoms with Crippen molar-refractivity contribution >= 4 is 5.91 Å². The number of nitrogens with one attached hydrogen (secondary N) is 1. The zero-order valence-corrected chi connectivity index (χ0v) is 12.2. The maximum Gasteiger partial charge on any atom is 0.234 e. The molecule has 0 spiro atoms. The van der Waals surface area contributed by atoms with Gasteiger partial charge in [0.05, 0.1) is 6.54 Å². The van der Waals surface area contributed by atoms with Crippen molar-refractivity contribution in [3.8, 4) is 0 Å². The Morgan fingerprint density at radius 2 is 2.06 bits per heavy atom. The van der Waals surface area contributed by atoms with Gasteiger partial charge in [0.15, 0.2) is 0 Å². The van der Waals surface area contributed by atoms with Crippen molar-refractivity contribution in [2.75, 3.05) is 20.1 Å². The largest absolute Gasteiger partial charge is 0.353 e. The maximum absolute atomic E-state index is 12.0. The van der Waals surface area contributed by atoms with Crippen molar-refractivity contribution in [2.45, 2.75) is 64.0 Å². The van der Waals surface area contributed by atoms with Crippen LogP contribution in [0.2, 0.25) is 0 Å². The van der Waals surface area contributed by atoms with E-state index in [1.165, 1.54) is 12.8 Å². The van der Waals surface area contributed by atoms with Crippen LogP contribution in [0, 0.1) is 0 Å². The van der Waals surface area contributed by atoms with E-state index in [4.69, 9.17) is 5.73 Å². The molecule has 0 aliphatic heterocycles. The van der Waals surface area contributed by atoms with E-state index in [2.05, 4.69) is 24.1 Å². The molecule has 1 atom stereocenters. The highest BCUT2D eigenvalue weighted by Gasteiger charge is 2.36. The lowest BCUT2D eigenvalue weighted by atomic mass is 9.96. The molecule has 0 saturated heterocycles. The van der Waals surface area contributed by atoms with Crippen molar-refractivity contribution in [1.29, 1.82) is 0 Å². The fourth-order valence-electron chi connectivity index (χ4n) is 2.98. The summed E-state index contributed by atoms with van der Waals surface area (Å²) in [6.45, 7) is 5.32. The van der Waals surface area contributed by atoms with Gasteiger partial charge in [-0.15, -0.1) is 0 Å². The van der Waals surface area contributed by atoms with Gasteiger partial charge < -0.3 is 11.1 Å². The van der Waals surface area contributed by atoms with Crippen molar-refractivity contribution in [3.05, 3.63) is 0 Å². The first-order valence-electron chi connectivity index (χ1n) is 7.25. The molecule has 1 aliphatic rings. The summed E-state index contributed by atoms with van der Waals surface area (Å²) in [5.74, 6) is 0.123. The van der Waals surface area contributed by atoms with E-state index in [-0.39, 0.29) is 17.5 Å². The molecule has 0 aromatic carbocycles. The molecule has 0 bridgehead atoms. The minimum atomic E-state index is 0.0608. The highest BCUT2D eigenvalue weighted by molar-refractivity contribution is 5.78. The Bertz CT molecular complexity index is 262. The minimum absolute atomic E-state index is 0.0608. The van der Waals surface area contributed by atoms with Gasteiger partial charge >= 0.3 is 0 Å². The summed E-state index contributed by atoms with van der Waals surface area (Å²) in [5.41, 5.74) is 5.98. The number of nitrogens with zero attached hydrogens (tertiary/aromatic N) is 1. The van der Waals surface area contributed by atoms with Crippen LogP contribution >= 0.6 is 0 Å². The lowest BCUT2D eigenvalue weighted by Gasteiger charge is -2.37. The molecule has 1 unspecified atom stereocenters. The molecule has 18 heavy (non-hydrogen) atoms. The van der Waals surface area contributed by atoms with Crippen LogP contribution in [0.4, 0.5) is 0 Å². The van der Waals surface area contributed by atoms with Crippen LogP contribution in [0.25, 0.3) is 0 Å². The summed E-state index contributed by atoms with van der Waals surface area (Å²) in [7, 11) is 2.03. The number of amides is 1. The summed E-state index contributed by atoms with van der Waals surface area (Å²) >= 11 is 0. The SMILES string of the molecule is CCCC(C)NC(=O)CN(C)C1(CN)CCCC1. The molecular weight excluding hydrogens is 226 g/mol. The minimum Gasteiger partial charge on any atom is -0.353 e. The van der Waals surface area contributed by atoms with E-state index < -0.39 is 0 Å². The van der Waals surface area contributed by atoms with Crippen LogP contribution in [-0.4, -0.2) is 42.5 Å². The number of carbonyl (C=O) groups excluding carboxylic acids is 1. The monoisotopic (exact) mass is 255 g/mol. The van der Waals surface area contributed by atoms with Gasteiger partial charge in [-0.1, -0.05) is 26.2 Å². The topological polar surface area (TPSA) is 58.4 Å². The summed E-state index contributed by atoms with van der Waals surface area (Å²) in [5, 5.41) is 3.06. The zero-order valence-electron chi connectivity index (χ0n) is 12.2. The van der Waals surface area contributed by atoms with Gasteiger partial charge in [-0.25, -0.2) is 0 Å². The molecule has 0 radical (unpaired) electrons. The summed E-state index contributed by atoms with van der Waals surface area (Å²) < 4.78 is 0. The smallest absolute Gasteiger partial charge is 0.234 e. The van der Waals surface area contributed by atoms with Crippen molar-refractivity contribution in [2.24, 2.45) is 5.73 Å². The Labute approximate surface area is 111 Å². The molecule has 106 valence electrons. The first-order chi connectivity index (χ1) is 8.54. The molecule has 4 heteroatoms. The van der Waals surface area contributed by atoms with Gasteiger partial charge in [0.25, 0.3) is 0 Å². The Morgan fingerprint density at radius 1 is 1.44 bits per heavy atom. The molecule has 1 fully saturated rings. The van der Waals surface area contributed by atoms with Crippen LogP contribution in [0.15, 0.2) is 0 Å². The lowest BCUT2D eigenvalue weighted by Crippen LogP contribution is -2.53. The lowest BCUT2D eigenvalue weighted by molar-refractivity contribution is -0.123. The second kappa shape index (κ2) is 7.10. The molecular formula is C14H29N3O. The fraction of sp³-hybridized carbons (Fsp3) is 0.929. The number of likely N-dealkylation sites (N-methyl/N-ethyl adjacent to an activating group) is 1. The molecule has 0 aromatic heterocycles. The molecule has 1 rings (SSSR count). The van der Waals surface area contributed by atoms with Crippen molar-refractivity contribution in [3.63, 3.8) is 0 Å². The number of carbonyl (C=O) groups is 1. The third-order valence-corrected chi connectivity index (χ3v) is 4.23. The Kier molecular flexibility index (Phi) is 6.09. The second-order valence-corrected chi connectivity index (χ2v) is 5.75. The van der Waals surface area contributed by atoms with E-state index in [9.17, 15) is 4.79 Å². The van der Waals surface area contributed by atoms with Crippen molar-refractivity contribution in [1.82, 2.24) is 10.2 Å². The van der Waals surface area contributed by atoms with Gasteiger partial charge in [0.1, 0.15) is 0 Å². The van der Waals surface area contributed by atoms with Gasteiger partial charge in [-0.05, 0) is 33.2 Å². The first-order valence-corrected chi connectivity index (χ1v) is 7.25. The van der Waals surface area contributed by atoms with Gasteiger partial charge in [0, 0.05) is 18.1 Å². The molecule has 0 heterocycles. The quantitative estimate of drug-likeness (QED) is 0.725. The normalized spacial score (nSPS) is 20.1. The maximum atomic E-state index is 12.0. The number of hydrogen-bond donors (Lipinski definition) is 2. The fourth-order valence-corrected chi connectivity index (χ4v) is 2.98. The number of nitrogens with two attached hydrogens (primary N) is 1. The molecule has 1 aliphatic carbocycles. The van der Waals surface area contributed by atoms with Crippen LogP contribution in [0.1, 0.15) is 52.4 Å². The Balaban J connectivity index is 2.43.